The molecule has 2 aromatic rings. The minimum absolute atomic E-state index is 0. The molecule has 7 heteroatoms. The van der Waals surface area contributed by atoms with E-state index in [4.69, 9.17) is 0 Å². The summed E-state index contributed by atoms with van der Waals surface area (Å²) in [5.74, 6) is -0.00635. The van der Waals surface area contributed by atoms with Crippen LogP contribution in [0.2, 0.25) is 0 Å². The van der Waals surface area contributed by atoms with Crippen LogP contribution in [-0.2, 0) is 11.3 Å². The second kappa shape index (κ2) is 8.26. The van der Waals surface area contributed by atoms with Gasteiger partial charge in [0.2, 0.25) is 5.91 Å². The molecule has 1 aromatic carbocycles. The first-order valence-electron chi connectivity index (χ1n) is 8.10. The number of fused-ring (bicyclic) bond motifs is 1. The van der Waals surface area contributed by atoms with Crippen molar-refractivity contribution in [2.24, 2.45) is 0 Å². The zero-order valence-electron chi connectivity index (χ0n) is 13.7. The van der Waals surface area contributed by atoms with Crippen molar-refractivity contribution < 1.29 is 4.79 Å². The normalized spacial score (nSPS) is 15.0. The lowest BCUT2D eigenvalue weighted by Crippen LogP contribution is -2.43. The van der Waals surface area contributed by atoms with Crippen LogP contribution >= 0.6 is 12.4 Å². The molecule has 0 atom stereocenters. The van der Waals surface area contributed by atoms with E-state index in [1.165, 1.54) is 10.9 Å². The molecule has 2 N–H and O–H groups in total. The van der Waals surface area contributed by atoms with Crippen LogP contribution in [0, 0.1) is 6.92 Å². The molecule has 1 aliphatic heterocycles. The third-order valence-electron chi connectivity index (χ3n) is 4.34. The van der Waals surface area contributed by atoms with Crippen molar-refractivity contribution in [3.05, 3.63) is 40.4 Å². The van der Waals surface area contributed by atoms with E-state index in [9.17, 15) is 9.59 Å². The fourth-order valence-corrected chi connectivity index (χ4v) is 2.98. The number of carbonyl (C=O) groups excluding carboxylic acids is 1. The van der Waals surface area contributed by atoms with Gasteiger partial charge in [0.05, 0.1) is 17.2 Å². The van der Waals surface area contributed by atoms with Crippen LogP contribution in [0.5, 0.6) is 0 Å². The fourth-order valence-electron chi connectivity index (χ4n) is 2.98. The van der Waals surface area contributed by atoms with E-state index in [-0.39, 0.29) is 29.9 Å². The molecule has 0 unspecified atom stereocenters. The van der Waals surface area contributed by atoms with Crippen LogP contribution in [0.1, 0.15) is 24.8 Å². The second-order valence-electron chi connectivity index (χ2n) is 6.06. The van der Waals surface area contributed by atoms with E-state index >= 15 is 0 Å². The van der Waals surface area contributed by atoms with Gasteiger partial charge in [0.15, 0.2) is 0 Å². The molecule has 2 heterocycles. The summed E-state index contributed by atoms with van der Waals surface area (Å²) in [5.41, 5.74) is 1.62. The SMILES string of the molecule is Cc1cccc2c(=O)n(CCC(=O)NC3CCNCC3)cnc12.Cl. The summed E-state index contributed by atoms with van der Waals surface area (Å²) >= 11 is 0. The molecule has 0 saturated carbocycles. The topological polar surface area (TPSA) is 76.0 Å². The van der Waals surface area contributed by atoms with Gasteiger partial charge in [-0.3, -0.25) is 14.2 Å². The second-order valence-corrected chi connectivity index (χ2v) is 6.06. The van der Waals surface area contributed by atoms with Crippen molar-refractivity contribution in [3.63, 3.8) is 0 Å². The Hall–Kier alpha value is -1.92. The molecule has 24 heavy (non-hydrogen) atoms. The number of benzene rings is 1. The lowest BCUT2D eigenvalue weighted by Gasteiger charge is -2.23. The number of aryl methyl sites for hydroxylation is 2. The summed E-state index contributed by atoms with van der Waals surface area (Å²) < 4.78 is 1.52. The molecular weight excluding hydrogens is 328 g/mol. The summed E-state index contributed by atoms with van der Waals surface area (Å²) in [4.78, 5) is 28.9. The third-order valence-corrected chi connectivity index (χ3v) is 4.34. The Kier molecular flexibility index (Phi) is 6.34. The Balaban J connectivity index is 0.00000208. The maximum atomic E-state index is 12.5. The summed E-state index contributed by atoms with van der Waals surface area (Å²) in [5, 5.41) is 6.91. The van der Waals surface area contributed by atoms with E-state index in [1.807, 2.05) is 19.1 Å². The average molecular weight is 351 g/mol. The molecular formula is C17H23ClN4O2. The number of carbonyl (C=O) groups is 1. The predicted molar refractivity (Wildman–Crippen MR) is 96.6 cm³/mol. The number of amides is 1. The molecule has 0 bridgehead atoms. The largest absolute Gasteiger partial charge is 0.353 e. The van der Waals surface area contributed by atoms with Gasteiger partial charge < -0.3 is 10.6 Å². The first kappa shape index (κ1) is 18.4. The van der Waals surface area contributed by atoms with Crippen LogP contribution in [-0.4, -0.2) is 34.6 Å². The van der Waals surface area contributed by atoms with Gasteiger partial charge in [-0.1, -0.05) is 12.1 Å². The number of nitrogens with zero attached hydrogens (tertiary/aromatic N) is 2. The summed E-state index contributed by atoms with van der Waals surface area (Å²) in [6.45, 7) is 4.18. The van der Waals surface area contributed by atoms with Crippen LogP contribution in [0.3, 0.4) is 0 Å². The minimum Gasteiger partial charge on any atom is -0.353 e. The number of rotatable bonds is 4. The van der Waals surface area contributed by atoms with E-state index < -0.39 is 0 Å². The maximum absolute atomic E-state index is 12.5. The first-order chi connectivity index (χ1) is 11.1. The fraction of sp³-hybridized carbons (Fsp3) is 0.471. The highest BCUT2D eigenvalue weighted by Gasteiger charge is 2.15. The minimum atomic E-state index is -0.0895. The smallest absolute Gasteiger partial charge is 0.261 e. The van der Waals surface area contributed by atoms with Gasteiger partial charge >= 0.3 is 0 Å². The Labute approximate surface area is 147 Å². The van der Waals surface area contributed by atoms with Crippen molar-refractivity contribution in [2.45, 2.75) is 38.8 Å². The van der Waals surface area contributed by atoms with E-state index in [0.717, 1.165) is 37.0 Å². The van der Waals surface area contributed by atoms with Crippen LogP contribution in [0.25, 0.3) is 10.9 Å². The number of halogens is 1. The van der Waals surface area contributed by atoms with Gasteiger partial charge in [-0.05, 0) is 44.5 Å². The Morgan fingerprint density at radius 3 is 2.88 bits per heavy atom. The van der Waals surface area contributed by atoms with Crippen LogP contribution in [0.4, 0.5) is 0 Å². The molecule has 1 aromatic heterocycles. The molecule has 0 aliphatic carbocycles. The van der Waals surface area contributed by atoms with Gasteiger partial charge in [0.1, 0.15) is 0 Å². The molecule has 130 valence electrons. The molecule has 1 amide bonds. The molecule has 1 aliphatic rings. The van der Waals surface area contributed by atoms with E-state index in [2.05, 4.69) is 15.6 Å². The quantitative estimate of drug-likeness (QED) is 0.873. The van der Waals surface area contributed by atoms with Crippen molar-refractivity contribution in [3.8, 4) is 0 Å². The highest BCUT2D eigenvalue weighted by atomic mass is 35.5. The predicted octanol–water partition coefficient (Wildman–Crippen LogP) is 1.39. The number of aromatic nitrogens is 2. The number of hydrogen-bond acceptors (Lipinski definition) is 4. The van der Waals surface area contributed by atoms with Crippen LogP contribution in [0.15, 0.2) is 29.3 Å². The number of hydrogen-bond donors (Lipinski definition) is 2. The highest BCUT2D eigenvalue weighted by Crippen LogP contribution is 2.11. The van der Waals surface area contributed by atoms with Crippen molar-refractivity contribution in [1.82, 2.24) is 20.2 Å². The van der Waals surface area contributed by atoms with Gasteiger partial charge in [0, 0.05) is 19.0 Å². The highest BCUT2D eigenvalue weighted by molar-refractivity contribution is 5.85. The lowest BCUT2D eigenvalue weighted by atomic mass is 10.1. The number of para-hydroxylation sites is 1. The monoisotopic (exact) mass is 350 g/mol. The summed E-state index contributed by atoms with van der Waals surface area (Å²) in [7, 11) is 0. The Bertz CT molecular complexity index is 769. The van der Waals surface area contributed by atoms with Gasteiger partial charge in [0.25, 0.3) is 5.56 Å². The first-order valence-corrected chi connectivity index (χ1v) is 8.10. The molecule has 1 saturated heterocycles. The van der Waals surface area contributed by atoms with Crippen molar-refractivity contribution in [1.29, 1.82) is 0 Å². The Morgan fingerprint density at radius 2 is 2.12 bits per heavy atom. The summed E-state index contributed by atoms with van der Waals surface area (Å²) in [6.07, 6.45) is 3.75. The van der Waals surface area contributed by atoms with Gasteiger partial charge in [-0.25, -0.2) is 4.98 Å². The van der Waals surface area contributed by atoms with Crippen molar-refractivity contribution in [2.75, 3.05) is 13.1 Å². The third kappa shape index (κ3) is 4.13. The molecule has 3 rings (SSSR count). The molecule has 0 radical (unpaired) electrons. The molecule has 6 nitrogen and oxygen atoms in total. The average Bonchev–Trinajstić information content (AvgIpc) is 2.56. The summed E-state index contributed by atoms with van der Waals surface area (Å²) in [6, 6.07) is 5.82. The number of piperidine rings is 1. The Morgan fingerprint density at radius 1 is 1.38 bits per heavy atom. The lowest BCUT2D eigenvalue weighted by molar-refractivity contribution is -0.122. The van der Waals surface area contributed by atoms with Gasteiger partial charge in [-0.2, -0.15) is 0 Å². The molecule has 1 fully saturated rings. The maximum Gasteiger partial charge on any atom is 0.261 e. The van der Waals surface area contributed by atoms with Crippen LogP contribution < -0.4 is 16.2 Å². The standard InChI is InChI=1S/C17H22N4O2.ClH/c1-12-3-2-4-14-16(12)19-11-21(17(14)23)10-7-15(22)20-13-5-8-18-9-6-13;/h2-4,11,13,18H,5-10H2,1H3,(H,20,22);1H. The molecule has 0 spiro atoms. The van der Waals surface area contributed by atoms with Crippen molar-refractivity contribution >= 4 is 29.2 Å². The van der Waals surface area contributed by atoms with E-state index in [1.54, 1.807) is 6.07 Å². The number of nitrogens with one attached hydrogen (secondary N) is 2. The zero-order valence-corrected chi connectivity index (χ0v) is 14.6. The zero-order chi connectivity index (χ0) is 16.2. The van der Waals surface area contributed by atoms with E-state index in [0.29, 0.717) is 18.4 Å². The van der Waals surface area contributed by atoms with Gasteiger partial charge in [-0.15, -0.1) is 12.4 Å².